The van der Waals surface area contributed by atoms with Crippen LogP contribution in [-0.4, -0.2) is 26.7 Å². The zero-order valence-corrected chi connectivity index (χ0v) is 21.1. The number of thioether (sulfide) groups is 1. The number of imide groups is 1. The monoisotopic (exact) mass is 485 g/mol. The fourth-order valence-electron chi connectivity index (χ4n) is 4.12. The van der Waals surface area contributed by atoms with Gasteiger partial charge in [-0.2, -0.15) is 5.26 Å². The van der Waals surface area contributed by atoms with E-state index in [1.165, 1.54) is 4.90 Å². The van der Waals surface area contributed by atoms with Gasteiger partial charge in [0.1, 0.15) is 12.4 Å². The van der Waals surface area contributed by atoms with Crippen LogP contribution in [0.4, 0.5) is 4.79 Å². The minimum Gasteiger partial charge on any atom is -0.489 e. The van der Waals surface area contributed by atoms with Crippen molar-refractivity contribution in [1.29, 1.82) is 5.26 Å². The molecule has 0 N–H and O–H groups in total. The normalized spacial score (nSPS) is 15.5. The third-order valence-corrected chi connectivity index (χ3v) is 7.12. The molecule has 1 atom stereocenters. The van der Waals surface area contributed by atoms with Gasteiger partial charge in [0.05, 0.1) is 16.5 Å². The second-order valence-electron chi connectivity index (χ2n) is 8.52. The minimum absolute atomic E-state index is 0.116. The smallest absolute Gasteiger partial charge is 0.293 e. The van der Waals surface area contributed by atoms with Crippen LogP contribution in [0.2, 0.25) is 0 Å². The van der Waals surface area contributed by atoms with E-state index in [-0.39, 0.29) is 17.2 Å². The third kappa shape index (κ3) is 4.89. The van der Waals surface area contributed by atoms with Crippen LogP contribution in [0.3, 0.4) is 0 Å². The van der Waals surface area contributed by atoms with E-state index in [2.05, 4.69) is 10.6 Å². The van der Waals surface area contributed by atoms with Crippen LogP contribution in [-0.2, 0) is 11.4 Å². The molecule has 4 rings (SSSR count). The molecule has 2 heterocycles. The first-order valence-corrected chi connectivity index (χ1v) is 12.3. The SMILES string of the molecule is CCC(C)N1C(=O)S/C(=C/c2cc(C)n(-c3ccc(OCc4ccccc4C#N)cc3)c2C)C1=O. The maximum absolute atomic E-state index is 12.8. The van der Waals surface area contributed by atoms with Gasteiger partial charge in [-0.05, 0) is 87.0 Å². The van der Waals surface area contributed by atoms with Crippen molar-refractivity contribution in [1.82, 2.24) is 9.47 Å². The summed E-state index contributed by atoms with van der Waals surface area (Å²) < 4.78 is 8.00. The van der Waals surface area contributed by atoms with Gasteiger partial charge in [0.15, 0.2) is 0 Å². The maximum atomic E-state index is 12.8. The number of rotatable bonds is 7. The Kier molecular flexibility index (Phi) is 7.13. The highest BCUT2D eigenvalue weighted by molar-refractivity contribution is 8.18. The average Bonchev–Trinajstić information content (AvgIpc) is 3.30. The van der Waals surface area contributed by atoms with Gasteiger partial charge in [-0.15, -0.1) is 0 Å². The van der Waals surface area contributed by atoms with Crippen molar-refractivity contribution >= 4 is 29.0 Å². The second kappa shape index (κ2) is 10.2. The Labute approximate surface area is 209 Å². The van der Waals surface area contributed by atoms with Crippen LogP contribution in [0.15, 0.2) is 59.5 Å². The minimum atomic E-state index is -0.223. The lowest BCUT2D eigenvalue weighted by Gasteiger charge is -2.19. The average molecular weight is 486 g/mol. The fraction of sp³-hybridized carbons (Fsp3) is 0.250. The topological polar surface area (TPSA) is 75.3 Å². The largest absolute Gasteiger partial charge is 0.489 e. The molecule has 3 aromatic rings. The van der Waals surface area contributed by atoms with Crippen molar-refractivity contribution in [2.24, 2.45) is 0 Å². The van der Waals surface area contributed by atoms with Gasteiger partial charge in [-0.25, -0.2) is 0 Å². The number of carbonyl (C=O) groups excluding carboxylic acids is 2. The van der Waals surface area contributed by atoms with Crippen molar-refractivity contribution in [2.45, 2.75) is 46.8 Å². The zero-order chi connectivity index (χ0) is 25.1. The quantitative estimate of drug-likeness (QED) is 0.363. The van der Waals surface area contributed by atoms with E-state index < -0.39 is 0 Å². The lowest BCUT2D eigenvalue weighted by atomic mass is 10.1. The van der Waals surface area contributed by atoms with Crippen molar-refractivity contribution in [3.8, 4) is 17.5 Å². The number of hydrogen-bond donors (Lipinski definition) is 0. The van der Waals surface area contributed by atoms with Crippen molar-refractivity contribution in [3.05, 3.63) is 87.6 Å². The summed E-state index contributed by atoms with van der Waals surface area (Å²) in [7, 11) is 0. The van der Waals surface area contributed by atoms with E-state index in [0.29, 0.717) is 22.8 Å². The molecule has 0 bridgehead atoms. The first-order valence-electron chi connectivity index (χ1n) is 11.5. The predicted octanol–water partition coefficient (Wildman–Crippen LogP) is 6.38. The summed E-state index contributed by atoms with van der Waals surface area (Å²) in [6, 6.07) is 19.3. The van der Waals surface area contributed by atoms with E-state index >= 15 is 0 Å². The van der Waals surface area contributed by atoms with E-state index in [0.717, 1.165) is 46.4 Å². The summed E-state index contributed by atoms with van der Waals surface area (Å²) >= 11 is 1.00. The molecule has 2 amide bonds. The molecule has 35 heavy (non-hydrogen) atoms. The maximum Gasteiger partial charge on any atom is 0.293 e. The van der Waals surface area contributed by atoms with Gasteiger partial charge >= 0.3 is 0 Å². The van der Waals surface area contributed by atoms with Crippen molar-refractivity contribution in [3.63, 3.8) is 0 Å². The Bertz CT molecular complexity index is 1350. The zero-order valence-electron chi connectivity index (χ0n) is 20.2. The number of aryl methyl sites for hydroxylation is 1. The molecule has 0 aliphatic carbocycles. The van der Waals surface area contributed by atoms with Crippen LogP contribution in [0.5, 0.6) is 5.75 Å². The van der Waals surface area contributed by atoms with E-state index in [9.17, 15) is 14.9 Å². The Morgan fingerprint density at radius 3 is 2.51 bits per heavy atom. The summed E-state index contributed by atoms with van der Waals surface area (Å²) in [4.78, 5) is 27.0. The summed E-state index contributed by atoms with van der Waals surface area (Å²) in [5, 5.41) is 9.04. The number of benzene rings is 2. The number of aromatic nitrogens is 1. The third-order valence-electron chi connectivity index (χ3n) is 6.24. The highest BCUT2D eigenvalue weighted by Gasteiger charge is 2.37. The Balaban J connectivity index is 1.53. The Hall–Kier alpha value is -3.76. The number of hydrogen-bond acceptors (Lipinski definition) is 5. The van der Waals surface area contributed by atoms with Crippen LogP contribution in [0, 0.1) is 25.2 Å². The van der Waals surface area contributed by atoms with E-state index in [1.807, 2.05) is 82.3 Å². The summed E-state index contributed by atoms with van der Waals surface area (Å²) in [5.41, 5.74) is 5.33. The van der Waals surface area contributed by atoms with Crippen LogP contribution >= 0.6 is 11.8 Å². The van der Waals surface area contributed by atoms with Gasteiger partial charge < -0.3 is 9.30 Å². The molecule has 1 aliphatic heterocycles. The summed E-state index contributed by atoms with van der Waals surface area (Å²) in [5.74, 6) is 0.488. The predicted molar refractivity (Wildman–Crippen MR) is 138 cm³/mol. The molecule has 0 spiro atoms. The molecule has 1 aromatic heterocycles. The number of carbonyl (C=O) groups is 2. The van der Waals surface area contributed by atoms with E-state index in [4.69, 9.17) is 4.74 Å². The van der Waals surface area contributed by atoms with Crippen LogP contribution in [0.25, 0.3) is 11.8 Å². The van der Waals surface area contributed by atoms with Crippen molar-refractivity contribution in [2.75, 3.05) is 0 Å². The first kappa shape index (κ1) is 24.4. The molecular formula is C28H27N3O3S. The molecule has 0 radical (unpaired) electrons. The molecule has 1 unspecified atom stereocenters. The highest BCUT2D eigenvalue weighted by atomic mass is 32.2. The molecule has 178 valence electrons. The number of nitriles is 1. The molecule has 0 saturated carbocycles. The molecule has 7 heteroatoms. The summed E-state index contributed by atoms with van der Waals surface area (Å²) in [6.07, 6.45) is 2.54. The van der Waals surface area contributed by atoms with Gasteiger partial charge in [-0.3, -0.25) is 14.5 Å². The highest BCUT2D eigenvalue weighted by Crippen LogP contribution is 2.35. The van der Waals surface area contributed by atoms with Gasteiger partial charge in [0.2, 0.25) is 0 Å². The second-order valence-corrected chi connectivity index (χ2v) is 9.52. The fourth-order valence-corrected chi connectivity index (χ4v) is 5.04. The molecule has 2 aromatic carbocycles. The van der Waals surface area contributed by atoms with Gasteiger partial charge in [-0.1, -0.05) is 25.1 Å². The van der Waals surface area contributed by atoms with Gasteiger partial charge in [0, 0.05) is 28.7 Å². The Morgan fingerprint density at radius 1 is 1.11 bits per heavy atom. The molecular weight excluding hydrogens is 458 g/mol. The number of amides is 2. The molecule has 1 fully saturated rings. The van der Waals surface area contributed by atoms with Gasteiger partial charge in [0.25, 0.3) is 11.1 Å². The summed E-state index contributed by atoms with van der Waals surface area (Å²) in [6.45, 7) is 8.19. The number of nitrogens with zero attached hydrogens (tertiary/aromatic N) is 3. The molecule has 1 aliphatic rings. The van der Waals surface area contributed by atoms with E-state index in [1.54, 1.807) is 6.07 Å². The molecule has 6 nitrogen and oxygen atoms in total. The standard InChI is InChI=1S/C28H27N3O3S/c1-5-18(2)31-27(32)26(35-28(31)33)15-23-14-19(3)30(20(23)4)24-10-12-25(13-11-24)34-17-22-9-7-6-8-21(22)16-29/h6-15,18H,5,17H2,1-4H3/b26-15+. The van der Waals surface area contributed by atoms with Crippen molar-refractivity contribution < 1.29 is 14.3 Å². The lowest BCUT2D eigenvalue weighted by Crippen LogP contribution is -2.36. The molecule has 1 saturated heterocycles. The lowest BCUT2D eigenvalue weighted by molar-refractivity contribution is -0.124. The Morgan fingerprint density at radius 2 is 1.83 bits per heavy atom. The van der Waals surface area contributed by atoms with Crippen LogP contribution in [0.1, 0.15) is 48.3 Å². The van der Waals surface area contributed by atoms with Crippen LogP contribution < -0.4 is 4.74 Å². The number of ether oxygens (including phenoxy) is 1. The first-order chi connectivity index (χ1) is 16.8.